The highest BCUT2D eigenvalue weighted by Crippen LogP contribution is 2.41. The quantitative estimate of drug-likeness (QED) is 0.0381. The molecule has 1 aromatic carbocycles. The zero-order valence-corrected chi connectivity index (χ0v) is 35.6. The van der Waals surface area contributed by atoms with E-state index in [1.165, 1.54) is 173 Å². The maximum atomic E-state index is 12.4. The van der Waals surface area contributed by atoms with Gasteiger partial charge in [0.15, 0.2) is 11.5 Å². The van der Waals surface area contributed by atoms with Crippen molar-refractivity contribution in [1.29, 1.82) is 0 Å². The molecule has 5 nitrogen and oxygen atoms in total. The Bertz CT molecular complexity index is 973. The Morgan fingerprint density at radius 1 is 0.415 bits per heavy atom. The van der Waals surface area contributed by atoms with Crippen LogP contribution in [0.15, 0.2) is 18.2 Å². The molecule has 0 bridgehead atoms. The topological polar surface area (TPSA) is 54.0 Å². The summed E-state index contributed by atoms with van der Waals surface area (Å²) >= 11 is 0. The molecule has 1 rings (SSSR count). The van der Waals surface area contributed by atoms with Crippen LogP contribution in [0.5, 0.6) is 17.2 Å². The number of ether oxygens (including phenoxy) is 4. The molecule has 5 heteroatoms. The second-order valence-corrected chi connectivity index (χ2v) is 15.4. The van der Waals surface area contributed by atoms with E-state index in [0.29, 0.717) is 37.9 Å². The van der Waals surface area contributed by atoms with Crippen LogP contribution in [0.1, 0.15) is 232 Å². The van der Waals surface area contributed by atoms with E-state index < -0.39 is 0 Å². The van der Waals surface area contributed by atoms with Crippen LogP contribution < -0.4 is 14.2 Å². The number of hydrogen-bond donors (Lipinski definition) is 0. The summed E-state index contributed by atoms with van der Waals surface area (Å²) in [4.78, 5) is 12.4. The minimum absolute atomic E-state index is 0.332. The maximum absolute atomic E-state index is 12.4. The first-order chi connectivity index (χ1) is 26.2. The molecule has 1 aromatic rings. The SMILES string of the molecule is CCCCCCCCCCCCOc1ccc(C=CC(=O)OCCC)c(OCCCCCCCCCCCC)c1OCCCCCCCCCCCC. The fourth-order valence-electron chi connectivity index (χ4n) is 6.80. The third-order valence-electron chi connectivity index (χ3n) is 10.2. The van der Waals surface area contributed by atoms with Crippen molar-refractivity contribution < 1.29 is 23.7 Å². The summed E-state index contributed by atoms with van der Waals surface area (Å²) in [5.74, 6) is 1.79. The Hall–Kier alpha value is -2.17. The lowest BCUT2D eigenvalue weighted by atomic mass is 10.1. The largest absolute Gasteiger partial charge is 0.490 e. The van der Waals surface area contributed by atoms with Crippen molar-refractivity contribution in [2.45, 2.75) is 227 Å². The van der Waals surface area contributed by atoms with Gasteiger partial charge in [0.25, 0.3) is 0 Å². The van der Waals surface area contributed by atoms with Crippen molar-refractivity contribution in [3.63, 3.8) is 0 Å². The maximum Gasteiger partial charge on any atom is 0.330 e. The zero-order valence-electron chi connectivity index (χ0n) is 35.6. The van der Waals surface area contributed by atoms with Gasteiger partial charge in [-0.15, -0.1) is 0 Å². The minimum Gasteiger partial charge on any atom is -0.490 e. The van der Waals surface area contributed by atoms with Crippen LogP contribution in [0.2, 0.25) is 0 Å². The van der Waals surface area contributed by atoms with Crippen molar-refractivity contribution in [3.8, 4) is 17.2 Å². The Morgan fingerprint density at radius 3 is 1.17 bits per heavy atom. The van der Waals surface area contributed by atoms with E-state index in [1.54, 1.807) is 0 Å². The van der Waals surface area contributed by atoms with Crippen LogP contribution in [-0.2, 0) is 9.53 Å². The second-order valence-electron chi connectivity index (χ2n) is 15.4. The molecule has 0 aliphatic carbocycles. The van der Waals surface area contributed by atoms with Gasteiger partial charge in [-0.25, -0.2) is 4.79 Å². The smallest absolute Gasteiger partial charge is 0.330 e. The van der Waals surface area contributed by atoms with Crippen LogP contribution in [0, 0.1) is 0 Å². The number of benzene rings is 1. The number of unbranched alkanes of at least 4 members (excludes halogenated alkanes) is 27. The number of carbonyl (C=O) groups is 1. The summed E-state index contributed by atoms with van der Waals surface area (Å²) < 4.78 is 24.8. The van der Waals surface area contributed by atoms with Gasteiger partial charge in [0.2, 0.25) is 5.75 Å². The van der Waals surface area contributed by atoms with Gasteiger partial charge < -0.3 is 18.9 Å². The molecule has 0 saturated carbocycles. The van der Waals surface area contributed by atoms with Gasteiger partial charge in [0.1, 0.15) is 0 Å². The third kappa shape index (κ3) is 28.9. The van der Waals surface area contributed by atoms with Crippen LogP contribution in [0.25, 0.3) is 6.08 Å². The van der Waals surface area contributed by atoms with Gasteiger partial charge in [-0.3, -0.25) is 0 Å². The molecule has 53 heavy (non-hydrogen) atoms. The first kappa shape index (κ1) is 48.8. The van der Waals surface area contributed by atoms with Crippen LogP contribution in [0.3, 0.4) is 0 Å². The van der Waals surface area contributed by atoms with Gasteiger partial charge in [-0.2, -0.15) is 0 Å². The second kappa shape index (κ2) is 38.1. The Labute approximate surface area is 329 Å². The zero-order chi connectivity index (χ0) is 38.3. The van der Waals surface area contributed by atoms with Gasteiger partial charge in [0, 0.05) is 11.6 Å². The van der Waals surface area contributed by atoms with Crippen molar-refractivity contribution in [3.05, 3.63) is 23.8 Å². The standard InChI is InChI=1S/C48H86O5/c1-5-9-12-15-18-21-24-27-30-33-41-50-45-38-36-44(37-39-46(49)51-40-8-4)47(52-42-34-31-28-25-22-19-16-13-10-6-2)48(45)53-43-35-32-29-26-23-20-17-14-11-7-3/h36-39H,5-35,40-43H2,1-4H3. The number of esters is 1. The summed E-state index contributed by atoms with van der Waals surface area (Å²) in [6, 6.07) is 3.99. The molecule has 0 radical (unpaired) electrons. The van der Waals surface area contributed by atoms with Crippen LogP contribution in [-0.4, -0.2) is 32.4 Å². The molecule has 0 heterocycles. The molecule has 0 aliphatic rings. The summed E-state index contributed by atoms with van der Waals surface area (Å²) in [5.41, 5.74) is 0.829. The first-order valence-corrected chi connectivity index (χ1v) is 23.1. The first-order valence-electron chi connectivity index (χ1n) is 23.1. The average Bonchev–Trinajstić information content (AvgIpc) is 3.17. The molecule has 0 amide bonds. The van der Waals surface area contributed by atoms with Gasteiger partial charge in [0.05, 0.1) is 26.4 Å². The highest BCUT2D eigenvalue weighted by Gasteiger charge is 2.18. The van der Waals surface area contributed by atoms with E-state index in [2.05, 4.69) is 20.8 Å². The highest BCUT2D eigenvalue weighted by atomic mass is 16.5. The van der Waals surface area contributed by atoms with Gasteiger partial charge in [-0.1, -0.05) is 201 Å². The normalized spacial score (nSPS) is 11.4. The van der Waals surface area contributed by atoms with Crippen LogP contribution >= 0.6 is 0 Å². The van der Waals surface area contributed by atoms with E-state index in [0.717, 1.165) is 43.4 Å². The van der Waals surface area contributed by atoms with E-state index in [1.807, 2.05) is 25.1 Å². The molecule has 0 fully saturated rings. The lowest BCUT2D eigenvalue weighted by molar-refractivity contribution is -0.137. The van der Waals surface area contributed by atoms with Gasteiger partial charge in [-0.05, 0) is 43.9 Å². The molecule has 0 spiro atoms. The minimum atomic E-state index is -0.332. The predicted octanol–water partition coefficient (Wildman–Crippen LogP) is 15.6. The van der Waals surface area contributed by atoms with Crippen molar-refractivity contribution >= 4 is 12.0 Å². The molecule has 0 N–H and O–H groups in total. The number of carbonyl (C=O) groups excluding carboxylic acids is 1. The molecule has 308 valence electrons. The molecule has 0 aromatic heterocycles. The predicted molar refractivity (Wildman–Crippen MR) is 229 cm³/mol. The average molecular weight is 743 g/mol. The monoisotopic (exact) mass is 743 g/mol. The number of hydrogen-bond acceptors (Lipinski definition) is 5. The van der Waals surface area contributed by atoms with Gasteiger partial charge >= 0.3 is 5.97 Å². The van der Waals surface area contributed by atoms with E-state index in [-0.39, 0.29) is 5.97 Å². The summed E-state index contributed by atoms with van der Waals surface area (Å²) in [6.45, 7) is 11.2. The van der Waals surface area contributed by atoms with E-state index >= 15 is 0 Å². The van der Waals surface area contributed by atoms with Crippen LogP contribution in [0.4, 0.5) is 0 Å². The Balaban J connectivity index is 2.85. The lowest BCUT2D eigenvalue weighted by Gasteiger charge is -2.19. The Kier molecular flexibility index (Phi) is 35.1. The molecule has 0 atom stereocenters. The van der Waals surface area contributed by atoms with E-state index in [4.69, 9.17) is 18.9 Å². The molecular formula is C48H86O5. The fraction of sp³-hybridized carbons (Fsp3) is 0.812. The molecule has 0 saturated heterocycles. The summed E-state index contributed by atoms with van der Waals surface area (Å²) in [5, 5.41) is 0. The lowest BCUT2D eigenvalue weighted by Crippen LogP contribution is -2.07. The van der Waals surface area contributed by atoms with Crippen molar-refractivity contribution in [2.24, 2.45) is 0 Å². The summed E-state index contributed by atoms with van der Waals surface area (Å²) in [6.07, 6.45) is 42.8. The Morgan fingerprint density at radius 2 is 0.774 bits per heavy atom. The fourth-order valence-corrected chi connectivity index (χ4v) is 6.80. The molecular weight excluding hydrogens is 657 g/mol. The van der Waals surface area contributed by atoms with E-state index in [9.17, 15) is 4.79 Å². The van der Waals surface area contributed by atoms with Crippen molar-refractivity contribution in [2.75, 3.05) is 26.4 Å². The molecule has 0 aliphatic heterocycles. The van der Waals surface area contributed by atoms with Crippen molar-refractivity contribution in [1.82, 2.24) is 0 Å². The molecule has 0 unspecified atom stereocenters. The third-order valence-corrected chi connectivity index (χ3v) is 10.2. The number of rotatable bonds is 40. The summed E-state index contributed by atoms with van der Waals surface area (Å²) in [7, 11) is 0. The highest BCUT2D eigenvalue weighted by molar-refractivity contribution is 5.88.